The number of ether oxygens (including phenoxy) is 2. The van der Waals surface area contributed by atoms with Crippen LogP contribution in [0.5, 0.6) is 11.5 Å². The molecule has 0 aliphatic rings. The van der Waals surface area contributed by atoms with E-state index >= 15 is 0 Å². The molecule has 0 atom stereocenters. The molecule has 23 heavy (non-hydrogen) atoms. The zero-order valence-electron chi connectivity index (χ0n) is 14.8. The second-order valence-electron chi connectivity index (χ2n) is 6.60. The molecule has 0 radical (unpaired) electrons. The first-order valence-electron chi connectivity index (χ1n) is 8.08. The summed E-state index contributed by atoms with van der Waals surface area (Å²) in [5.41, 5.74) is 3.79. The SMILES string of the molecule is CCOc1ccc(CNc2ccc(C(C)(C)C)cc2)cc1OC. The Labute approximate surface area is 139 Å². The molecule has 3 heteroatoms. The molecule has 0 heterocycles. The van der Waals surface area contributed by atoms with Gasteiger partial charge >= 0.3 is 0 Å². The molecular weight excluding hydrogens is 286 g/mol. The zero-order valence-corrected chi connectivity index (χ0v) is 14.8. The van der Waals surface area contributed by atoms with Gasteiger partial charge in [0.05, 0.1) is 13.7 Å². The Bertz CT molecular complexity index is 627. The van der Waals surface area contributed by atoms with Crippen LogP contribution in [0.4, 0.5) is 5.69 Å². The summed E-state index contributed by atoms with van der Waals surface area (Å²) in [6.45, 7) is 10.0. The fraction of sp³-hybridized carbons (Fsp3) is 0.400. The van der Waals surface area contributed by atoms with Crippen molar-refractivity contribution in [1.29, 1.82) is 0 Å². The van der Waals surface area contributed by atoms with Crippen LogP contribution < -0.4 is 14.8 Å². The van der Waals surface area contributed by atoms with Crippen molar-refractivity contribution >= 4 is 5.69 Å². The highest BCUT2D eigenvalue weighted by molar-refractivity contribution is 5.48. The summed E-state index contributed by atoms with van der Waals surface area (Å²) in [4.78, 5) is 0. The summed E-state index contributed by atoms with van der Waals surface area (Å²) in [6.07, 6.45) is 0. The van der Waals surface area contributed by atoms with Gasteiger partial charge in [0.1, 0.15) is 0 Å². The fourth-order valence-electron chi connectivity index (χ4n) is 2.39. The normalized spacial score (nSPS) is 11.2. The molecule has 124 valence electrons. The molecule has 0 aliphatic carbocycles. The van der Waals surface area contributed by atoms with Crippen LogP contribution in [0, 0.1) is 0 Å². The number of rotatable bonds is 6. The van der Waals surface area contributed by atoms with Crippen LogP contribution in [0.2, 0.25) is 0 Å². The van der Waals surface area contributed by atoms with Crippen molar-refractivity contribution in [2.45, 2.75) is 39.7 Å². The van der Waals surface area contributed by atoms with Gasteiger partial charge < -0.3 is 14.8 Å². The van der Waals surface area contributed by atoms with Gasteiger partial charge in [-0.2, -0.15) is 0 Å². The van der Waals surface area contributed by atoms with Crippen LogP contribution in [0.15, 0.2) is 42.5 Å². The van der Waals surface area contributed by atoms with Crippen molar-refractivity contribution < 1.29 is 9.47 Å². The molecule has 0 amide bonds. The van der Waals surface area contributed by atoms with Gasteiger partial charge in [-0.3, -0.25) is 0 Å². The maximum absolute atomic E-state index is 5.55. The van der Waals surface area contributed by atoms with Crippen LogP contribution >= 0.6 is 0 Å². The number of benzene rings is 2. The minimum absolute atomic E-state index is 0.182. The lowest BCUT2D eigenvalue weighted by molar-refractivity contribution is 0.310. The Kier molecular flexibility index (Phi) is 5.54. The first-order valence-corrected chi connectivity index (χ1v) is 8.08. The third-order valence-electron chi connectivity index (χ3n) is 3.78. The van der Waals surface area contributed by atoms with Gasteiger partial charge in [0.15, 0.2) is 11.5 Å². The van der Waals surface area contributed by atoms with Crippen LogP contribution in [0.25, 0.3) is 0 Å². The third-order valence-corrected chi connectivity index (χ3v) is 3.78. The number of anilines is 1. The molecule has 1 N–H and O–H groups in total. The third kappa shape index (κ3) is 4.65. The maximum atomic E-state index is 5.55. The molecule has 0 saturated carbocycles. The van der Waals surface area contributed by atoms with Gasteiger partial charge in [-0.05, 0) is 47.7 Å². The molecule has 0 aliphatic heterocycles. The number of nitrogens with one attached hydrogen (secondary N) is 1. The van der Waals surface area contributed by atoms with E-state index in [1.807, 2.05) is 19.1 Å². The summed E-state index contributed by atoms with van der Waals surface area (Å²) in [5, 5.41) is 3.45. The van der Waals surface area contributed by atoms with E-state index in [1.165, 1.54) is 5.56 Å². The summed E-state index contributed by atoms with van der Waals surface area (Å²) < 4.78 is 10.9. The quantitative estimate of drug-likeness (QED) is 0.813. The van der Waals surface area contributed by atoms with Gasteiger partial charge in [0.2, 0.25) is 0 Å². The first-order chi connectivity index (χ1) is 10.9. The Morgan fingerprint density at radius 1 is 0.957 bits per heavy atom. The Hall–Kier alpha value is -2.16. The zero-order chi connectivity index (χ0) is 16.9. The molecule has 0 aromatic heterocycles. The number of hydrogen-bond donors (Lipinski definition) is 1. The largest absolute Gasteiger partial charge is 0.493 e. The average Bonchev–Trinajstić information content (AvgIpc) is 2.53. The monoisotopic (exact) mass is 313 g/mol. The van der Waals surface area contributed by atoms with Crippen LogP contribution in [0.3, 0.4) is 0 Å². The Morgan fingerprint density at radius 3 is 2.22 bits per heavy atom. The summed E-state index contributed by atoms with van der Waals surface area (Å²) in [7, 11) is 1.67. The minimum Gasteiger partial charge on any atom is -0.493 e. The van der Waals surface area contributed by atoms with E-state index in [2.05, 4.69) is 56.4 Å². The van der Waals surface area contributed by atoms with Gasteiger partial charge in [-0.1, -0.05) is 39.0 Å². The van der Waals surface area contributed by atoms with Crippen molar-refractivity contribution in [3.63, 3.8) is 0 Å². The van der Waals surface area contributed by atoms with Crippen LogP contribution in [0.1, 0.15) is 38.8 Å². The minimum atomic E-state index is 0.182. The van der Waals surface area contributed by atoms with Crippen LogP contribution in [-0.2, 0) is 12.0 Å². The number of methoxy groups -OCH3 is 1. The van der Waals surface area contributed by atoms with Crippen molar-refractivity contribution in [2.24, 2.45) is 0 Å². The lowest BCUT2D eigenvalue weighted by Gasteiger charge is -2.19. The lowest BCUT2D eigenvalue weighted by atomic mass is 9.87. The topological polar surface area (TPSA) is 30.5 Å². The predicted octanol–water partition coefficient (Wildman–Crippen LogP) is 5.00. The molecule has 2 rings (SSSR count). The van der Waals surface area contributed by atoms with E-state index in [0.29, 0.717) is 6.61 Å². The lowest BCUT2D eigenvalue weighted by Crippen LogP contribution is -2.10. The van der Waals surface area contributed by atoms with Gasteiger partial charge in [0.25, 0.3) is 0 Å². The maximum Gasteiger partial charge on any atom is 0.161 e. The van der Waals surface area contributed by atoms with E-state index in [9.17, 15) is 0 Å². The van der Waals surface area contributed by atoms with Crippen molar-refractivity contribution in [1.82, 2.24) is 0 Å². The second-order valence-corrected chi connectivity index (χ2v) is 6.60. The van der Waals surface area contributed by atoms with Gasteiger partial charge in [-0.25, -0.2) is 0 Å². The molecule has 0 bridgehead atoms. The van der Waals surface area contributed by atoms with Crippen molar-refractivity contribution in [3.8, 4) is 11.5 Å². The molecule has 3 nitrogen and oxygen atoms in total. The van der Waals surface area contributed by atoms with Gasteiger partial charge in [-0.15, -0.1) is 0 Å². The standard InChI is InChI=1S/C20H27NO2/c1-6-23-18-12-7-15(13-19(18)22-5)14-21-17-10-8-16(9-11-17)20(2,3)4/h7-13,21H,6,14H2,1-5H3. The van der Waals surface area contributed by atoms with Crippen molar-refractivity contribution in [2.75, 3.05) is 19.0 Å². The molecule has 0 fully saturated rings. The molecule has 0 unspecified atom stereocenters. The van der Waals surface area contributed by atoms with E-state index in [0.717, 1.165) is 29.3 Å². The highest BCUT2D eigenvalue weighted by Crippen LogP contribution is 2.28. The Balaban J connectivity index is 2.03. The highest BCUT2D eigenvalue weighted by Gasteiger charge is 2.12. The van der Waals surface area contributed by atoms with E-state index < -0.39 is 0 Å². The first kappa shape index (κ1) is 17.2. The molecule has 0 saturated heterocycles. The summed E-state index contributed by atoms with van der Waals surface area (Å²) in [6, 6.07) is 14.7. The molecule has 2 aromatic rings. The fourth-order valence-corrected chi connectivity index (χ4v) is 2.39. The van der Waals surface area contributed by atoms with Gasteiger partial charge in [0, 0.05) is 12.2 Å². The summed E-state index contributed by atoms with van der Waals surface area (Å²) >= 11 is 0. The molecule has 2 aromatic carbocycles. The average molecular weight is 313 g/mol. The van der Waals surface area contributed by atoms with Crippen LogP contribution in [-0.4, -0.2) is 13.7 Å². The highest BCUT2D eigenvalue weighted by atomic mass is 16.5. The van der Waals surface area contributed by atoms with E-state index in [-0.39, 0.29) is 5.41 Å². The smallest absolute Gasteiger partial charge is 0.161 e. The van der Waals surface area contributed by atoms with Crippen molar-refractivity contribution in [3.05, 3.63) is 53.6 Å². The molecule has 0 spiro atoms. The Morgan fingerprint density at radius 2 is 1.65 bits per heavy atom. The molecular formula is C20H27NO2. The second kappa shape index (κ2) is 7.40. The summed E-state index contributed by atoms with van der Waals surface area (Å²) in [5.74, 6) is 1.56. The van der Waals surface area contributed by atoms with E-state index in [1.54, 1.807) is 7.11 Å². The predicted molar refractivity (Wildman–Crippen MR) is 96.6 cm³/mol. The number of hydrogen-bond acceptors (Lipinski definition) is 3. The van der Waals surface area contributed by atoms with E-state index in [4.69, 9.17) is 9.47 Å².